The molecule has 1 aliphatic heterocycles. The Morgan fingerprint density at radius 1 is 1.06 bits per heavy atom. The van der Waals surface area contributed by atoms with Crippen molar-refractivity contribution in [1.29, 1.82) is 5.26 Å². The highest BCUT2D eigenvalue weighted by molar-refractivity contribution is 8.27. The zero-order valence-corrected chi connectivity index (χ0v) is 20.2. The second-order valence-electron chi connectivity index (χ2n) is 9.68. The highest BCUT2D eigenvalue weighted by Crippen LogP contribution is 2.72. The number of alkyl halides is 3. The maximum absolute atomic E-state index is 13.6. The SMILES string of the molecule is C[Si](C)(c1ccccc1)[C@@H]1[C@@H]2C=C[C@H]1[C@@H]1[C@H]2C(=O)N(c2ccc(C#N)c(C(F)(F)F)c2)S1(O)O. The zero-order valence-electron chi connectivity index (χ0n) is 18.4. The van der Waals surface area contributed by atoms with Crippen molar-refractivity contribution in [1.82, 2.24) is 0 Å². The molecule has 0 radical (unpaired) electrons. The number of amides is 1. The number of nitriles is 1. The van der Waals surface area contributed by atoms with Gasteiger partial charge in [-0.05, 0) is 29.7 Å². The lowest BCUT2D eigenvalue weighted by Crippen LogP contribution is -2.49. The Labute approximate surface area is 198 Å². The van der Waals surface area contributed by atoms with Gasteiger partial charge in [-0.1, -0.05) is 60.8 Å². The summed E-state index contributed by atoms with van der Waals surface area (Å²) in [5.41, 5.74) is -1.96. The normalized spacial score (nSPS) is 30.4. The van der Waals surface area contributed by atoms with E-state index < -0.39 is 53.2 Å². The molecule has 5 nitrogen and oxygen atoms in total. The van der Waals surface area contributed by atoms with E-state index in [1.54, 1.807) is 0 Å². The van der Waals surface area contributed by atoms with Gasteiger partial charge in [0.15, 0.2) is 0 Å². The Morgan fingerprint density at radius 2 is 1.71 bits per heavy atom. The van der Waals surface area contributed by atoms with Gasteiger partial charge in [0.25, 0.3) is 5.91 Å². The van der Waals surface area contributed by atoms with E-state index in [1.165, 1.54) is 17.3 Å². The van der Waals surface area contributed by atoms with Crippen LogP contribution in [0.1, 0.15) is 11.1 Å². The van der Waals surface area contributed by atoms with E-state index in [4.69, 9.17) is 5.26 Å². The third-order valence-corrected chi connectivity index (χ3v) is 14.2. The average Bonchev–Trinajstić information content (AvgIpc) is 3.42. The molecule has 5 atom stereocenters. The Kier molecular flexibility index (Phi) is 5.08. The predicted molar refractivity (Wildman–Crippen MR) is 127 cm³/mol. The molecular weight excluding hydrogens is 481 g/mol. The van der Waals surface area contributed by atoms with Gasteiger partial charge in [0.1, 0.15) is 0 Å². The van der Waals surface area contributed by atoms with Gasteiger partial charge in [-0.3, -0.25) is 13.9 Å². The minimum Gasteiger partial charge on any atom is -0.281 e. The number of hydrogen-bond donors (Lipinski definition) is 2. The molecule has 2 fully saturated rings. The van der Waals surface area contributed by atoms with Gasteiger partial charge in [0.2, 0.25) is 0 Å². The van der Waals surface area contributed by atoms with Crippen LogP contribution in [0.4, 0.5) is 18.9 Å². The maximum atomic E-state index is 13.6. The highest BCUT2D eigenvalue weighted by atomic mass is 32.3. The highest BCUT2D eigenvalue weighted by Gasteiger charge is 2.69. The van der Waals surface area contributed by atoms with E-state index in [0.29, 0.717) is 6.07 Å². The molecule has 178 valence electrons. The van der Waals surface area contributed by atoms with Gasteiger partial charge >= 0.3 is 6.18 Å². The number of carbonyl (C=O) groups excluding carboxylic acids is 1. The average molecular weight is 505 g/mol. The Hall–Kier alpha value is -2.58. The van der Waals surface area contributed by atoms with E-state index in [-0.39, 0.29) is 23.1 Å². The number of benzene rings is 2. The van der Waals surface area contributed by atoms with E-state index in [9.17, 15) is 27.1 Å². The lowest BCUT2D eigenvalue weighted by molar-refractivity contribution is -0.137. The first-order chi connectivity index (χ1) is 15.9. The number of anilines is 1. The summed E-state index contributed by atoms with van der Waals surface area (Å²) in [4.78, 5) is 13.6. The number of allylic oxidation sites excluding steroid dienone is 2. The van der Waals surface area contributed by atoms with Gasteiger partial charge in [-0.25, -0.2) is 4.31 Å². The molecule has 1 saturated heterocycles. The van der Waals surface area contributed by atoms with Crippen molar-refractivity contribution < 1.29 is 27.1 Å². The van der Waals surface area contributed by atoms with Crippen LogP contribution in [0.5, 0.6) is 0 Å². The van der Waals surface area contributed by atoms with Crippen LogP contribution in [-0.2, 0) is 11.0 Å². The number of fused-ring (bicyclic) bond motifs is 5. The Bertz CT molecular complexity index is 1240. The van der Waals surface area contributed by atoms with E-state index in [0.717, 1.165) is 10.4 Å². The molecule has 0 spiro atoms. The molecule has 34 heavy (non-hydrogen) atoms. The molecule has 5 rings (SSSR count). The van der Waals surface area contributed by atoms with Crippen molar-refractivity contribution in [2.24, 2.45) is 17.8 Å². The minimum atomic E-state index is -4.82. The molecule has 1 heterocycles. The molecule has 2 aromatic carbocycles. The summed E-state index contributed by atoms with van der Waals surface area (Å²) >= 11 is 0. The number of halogens is 3. The van der Waals surface area contributed by atoms with Crippen molar-refractivity contribution >= 4 is 35.6 Å². The Balaban J connectivity index is 1.55. The van der Waals surface area contributed by atoms with Crippen LogP contribution in [0, 0.1) is 29.1 Å². The molecule has 0 unspecified atom stereocenters. The van der Waals surface area contributed by atoms with Crippen LogP contribution < -0.4 is 9.49 Å². The lowest BCUT2D eigenvalue weighted by Gasteiger charge is -2.44. The van der Waals surface area contributed by atoms with Crippen molar-refractivity contribution in [2.45, 2.75) is 30.1 Å². The van der Waals surface area contributed by atoms with Crippen molar-refractivity contribution in [3.05, 3.63) is 71.8 Å². The molecule has 2 bridgehead atoms. The number of rotatable bonds is 3. The summed E-state index contributed by atoms with van der Waals surface area (Å²) in [7, 11) is -5.89. The fourth-order valence-corrected chi connectivity index (χ4v) is 12.8. The molecule has 2 aromatic rings. The topological polar surface area (TPSA) is 84.6 Å². The van der Waals surface area contributed by atoms with Crippen LogP contribution in [0.3, 0.4) is 0 Å². The molecule has 3 aliphatic rings. The van der Waals surface area contributed by atoms with E-state index in [1.807, 2.05) is 30.4 Å². The minimum absolute atomic E-state index is 0.0777. The summed E-state index contributed by atoms with van der Waals surface area (Å²) in [5, 5.41) is 9.50. The largest absolute Gasteiger partial charge is 0.417 e. The first-order valence-electron chi connectivity index (χ1n) is 10.9. The summed E-state index contributed by atoms with van der Waals surface area (Å²) < 4.78 is 64.0. The van der Waals surface area contributed by atoms with E-state index in [2.05, 4.69) is 25.2 Å². The van der Waals surface area contributed by atoms with Crippen LogP contribution >= 0.6 is 10.8 Å². The summed E-state index contributed by atoms with van der Waals surface area (Å²) in [5.74, 6) is -1.73. The summed E-state index contributed by atoms with van der Waals surface area (Å²) in [6, 6.07) is 14.3. The number of nitrogens with zero attached hydrogens (tertiary/aromatic N) is 2. The van der Waals surface area contributed by atoms with Crippen LogP contribution in [0.25, 0.3) is 0 Å². The standard InChI is InChI=1S/C24H23F3N2O3SSi/c1-34(2,16-6-4-3-5-7-16)22-17-10-11-18(22)21-20(17)23(30)29(33(21,31)32)15-9-8-14(13-28)19(12-15)24(25,26)27/h3-12,17-18,20-22,31-32H,1-2H3/t17-,18+,20+,21-,22-/m1/s1. The third-order valence-electron chi connectivity index (χ3n) is 7.67. The third kappa shape index (κ3) is 3.11. The second-order valence-corrected chi connectivity index (χ2v) is 16.4. The summed E-state index contributed by atoms with van der Waals surface area (Å²) in [6.07, 6.45) is -0.885. The van der Waals surface area contributed by atoms with Gasteiger partial charge in [-0.2, -0.15) is 18.4 Å². The van der Waals surface area contributed by atoms with Crippen molar-refractivity contribution in [3.63, 3.8) is 0 Å². The van der Waals surface area contributed by atoms with Crippen molar-refractivity contribution in [2.75, 3.05) is 4.31 Å². The summed E-state index contributed by atoms with van der Waals surface area (Å²) in [6.45, 7) is 4.43. The van der Waals surface area contributed by atoms with Crippen molar-refractivity contribution in [3.8, 4) is 6.07 Å². The molecule has 0 aromatic heterocycles. The zero-order chi connectivity index (χ0) is 24.6. The van der Waals surface area contributed by atoms with Gasteiger partial charge < -0.3 is 0 Å². The molecule has 10 heteroatoms. The van der Waals surface area contributed by atoms with Crippen LogP contribution in [-0.4, -0.2) is 28.3 Å². The maximum Gasteiger partial charge on any atom is 0.417 e. The smallest absolute Gasteiger partial charge is 0.281 e. The number of hydrogen-bond acceptors (Lipinski definition) is 4. The van der Waals surface area contributed by atoms with E-state index >= 15 is 0 Å². The monoisotopic (exact) mass is 504 g/mol. The molecule has 1 saturated carbocycles. The van der Waals surface area contributed by atoms with Gasteiger partial charge in [0, 0.05) is 5.92 Å². The fraction of sp³-hybridized carbons (Fsp3) is 0.333. The Morgan fingerprint density at radius 3 is 2.29 bits per heavy atom. The first kappa shape index (κ1) is 23.2. The number of carbonyl (C=O) groups is 1. The second kappa shape index (κ2) is 7.46. The lowest BCUT2D eigenvalue weighted by atomic mass is 9.92. The van der Waals surface area contributed by atoms with Crippen LogP contribution in [0.15, 0.2) is 60.7 Å². The predicted octanol–water partition coefficient (Wildman–Crippen LogP) is 5.38. The van der Waals surface area contributed by atoms with Crippen LogP contribution in [0.2, 0.25) is 18.6 Å². The molecule has 1 amide bonds. The molecule has 2 aliphatic carbocycles. The first-order valence-corrected chi connectivity index (χ1v) is 15.5. The van der Waals surface area contributed by atoms with Gasteiger partial charge in [0.05, 0.1) is 42.1 Å². The molecular formula is C24H23F3N2O3SSi. The fourth-order valence-electron chi connectivity index (χ4n) is 6.27. The van der Waals surface area contributed by atoms with Gasteiger partial charge in [-0.15, -0.1) is 10.8 Å². The quantitative estimate of drug-likeness (QED) is 0.435. The molecule has 2 N–H and O–H groups in total.